The van der Waals surface area contributed by atoms with Gasteiger partial charge in [-0.1, -0.05) is 57.7 Å². The maximum absolute atomic E-state index is 10.8. The minimum absolute atomic E-state index is 0.130. The molecule has 3 atom stereocenters. The molecule has 1 amide bonds. The number of nitrogens with one attached hydrogen (secondary N) is 2. The van der Waals surface area contributed by atoms with Crippen LogP contribution in [0.3, 0.4) is 0 Å². The van der Waals surface area contributed by atoms with Gasteiger partial charge in [-0.2, -0.15) is 0 Å². The van der Waals surface area contributed by atoms with Crippen molar-refractivity contribution in [2.75, 3.05) is 0 Å². The normalized spacial score (nSPS) is 15.0. The summed E-state index contributed by atoms with van der Waals surface area (Å²) in [6, 6.07) is 9.76. The van der Waals surface area contributed by atoms with E-state index in [2.05, 4.69) is 17.2 Å². The van der Waals surface area contributed by atoms with Crippen molar-refractivity contribution in [2.24, 2.45) is 5.92 Å². The number of benzene rings is 1. The topological polar surface area (TPSA) is 61.4 Å². The molecule has 0 aliphatic heterocycles. The SMILES string of the molecule is C=C(NC(Cc1ccccc1)[C@@H](O)CC)C(NC=O)C(C)C. The molecule has 4 nitrogen and oxygen atoms in total. The van der Waals surface area contributed by atoms with Gasteiger partial charge in [-0.15, -0.1) is 0 Å². The Labute approximate surface area is 133 Å². The van der Waals surface area contributed by atoms with E-state index < -0.39 is 6.10 Å². The lowest BCUT2D eigenvalue weighted by molar-refractivity contribution is -0.110. The van der Waals surface area contributed by atoms with E-state index in [0.717, 1.165) is 11.3 Å². The van der Waals surface area contributed by atoms with Crippen molar-refractivity contribution >= 4 is 6.41 Å². The lowest BCUT2D eigenvalue weighted by atomic mass is 9.96. The van der Waals surface area contributed by atoms with Gasteiger partial charge < -0.3 is 15.7 Å². The highest BCUT2D eigenvalue weighted by molar-refractivity contribution is 5.48. The highest BCUT2D eigenvalue weighted by Gasteiger charge is 2.23. The van der Waals surface area contributed by atoms with Crippen LogP contribution in [0.2, 0.25) is 0 Å². The van der Waals surface area contributed by atoms with E-state index in [1.807, 2.05) is 51.1 Å². The summed E-state index contributed by atoms with van der Waals surface area (Å²) in [5, 5.41) is 16.4. The molecule has 2 unspecified atom stereocenters. The van der Waals surface area contributed by atoms with Gasteiger partial charge in [0.05, 0.1) is 18.2 Å². The molecule has 4 heteroatoms. The third-order valence-electron chi connectivity index (χ3n) is 3.84. The minimum atomic E-state index is -0.471. The van der Waals surface area contributed by atoms with E-state index in [-0.39, 0.29) is 18.0 Å². The molecule has 0 saturated carbocycles. The predicted molar refractivity (Wildman–Crippen MR) is 90.3 cm³/mol. The minimum Gasteiger partial charge on any atom is -0.391 e. The molecule has 1 aromatic carbocycles. The van der Waals surface area contributed by atoms with Crippen molar-refractivity contribution in [3.8, 4) is 0 Å². The van der Waals surface area contributed by atoms with Crippen LogP contribution in [0, 0.1) is 5.92 Å². The average molecular weight is 304 g/mol. The van der Waals surface area contributed by atoms with Crippen LogP contribution >= 0.6 is 0 Å². The number of aliphatic hydroxyl groups excluding tert-OH is 1. The van der Waals surface area contributed by atoms with Gasteiger partial charge in [-0.05, 0) is 24.3 Å². The fraction of sp³-hybridized carbons (Fsp3) is 0.500. The van der Waals surface area contributed by atoms with E-state index in [0.29, 0.717) is 19.3 Å². The van der Waals surface area contributed by atoms with Crippen molar-refractivity contribution in [2.45, 2.75) is 51.8 Å². The molecule has 0 aromatic heterocycles. The molecular weight excluding hydrogens is 276 g/mol. The first kappa shape index (κ1) is 18.2. The van der Waals surface area contributed by atoms with Crippen molar-refractivity contribution in [3.05, 3.63) is 48.2 Å². The first-order chi connectivity index (χ1) is 10.5. The second-order valence-corrected chi connectivity index (χ2v) is 5.95. The van der Waals surface area contributed by atoms with Crippen LogP contribution in [0.25, 0.3) is 0 Å². The van der Waals surface area contributed by atoms with Gasteiger partial charge in [0.2, 0.25) is 6.41 Å². The van der Waals surface area contributed by atoms with Gasteiger partial charge in [0.1, 0.15) is 0 Å². The maximum atomic E-state index is 10.8. The quantitative estimate of drug-likeness (QED) is 0.581. The Bertz CT molecular complexity index is 459. The molecule has 0 spiro atoms. The van der Waals surface area contributed by atoms with Crippen molar-refractivity contribution in [1.82, 2.24) is 10.6 Å². The second kappa shape index (κ2) is 9.26. The molecule has 0 fully saturated rings. The Morgan fingerprint density at radius 3 is 2.45 bits per heavy atom. The van der Waals surface area contributed by atoms with Crippen molar-refractivity contribution < 1.29 is 9.90 Å². The summed E-state index contributed by atoms with van der Waals surface area (Å²) in [6.07, 6.45) is 1.59. The zero-order valence-corrected chi connectivity index (χ0v) is 13.8. The summed E-state index contributed by atoms with van der Waals surface area (Å²) in [6.45, 7) is 10.1. The van der Waals surface area contributed by atoms with Crippen LogP contribution in [-0.2, 0) is 11.2 Å². The molecular formula is C18H28N2O2. The zero-order chi connectivity index (χ0) is 16.5. The van der Waals surface area contributed by atoms with Crippen molar-refractivity contribution in [1.29, 1.82) is 0 Å². The lowest BCUT2D eigenvalue weighted by Crippen LogP contribution is -2.47. The number of carbonyl (C=O) groups is 1. The maximum Gasteiger partial charge on any atom is 0.207 e. The van der Waals surface area contributed by atoms with Gasteiger partial charge in [-0.3, -0.25) is 4.79 Å². The highest BCUT2D eigenvalue weighted by Crippen LogP contribution is 2.13. The third kappa shape index (κ3) is 5.53. The molecule has 0 radical (unpaired) electrons. The van der Waals surface area contributed by atoms with E-state index in [4.69, 9.17) is 0 Å². The third-order valence-corrected chi connectivity index (χ3v) is 3.84. The Kier molecular flexibility index (Phi) is 7.67. The van der Waals surface area contributed by atoms with Crippen LogP contribution in [0.4, 0.5) is 0 Å². The lowest BCUT2D eigenvalue weighted by Gasteiger charge is -2.30. The molecule has 1 aromatic rings. The Morgan fingerprint density at radius 1 is 1.32 bits per heavy atom. The van der Waals surface area contributed by atoms with Crippen LogP contribution in [0.15, 0.2) is 42.6 Å². The molecule has 0 aliphatic rings. The van der Waals surface area contributed by atoms with Gasteiger partial charge in [0.25, 0.3) is 0 Å². The van der Waals surface area contributed by atoms with Gasteiger partial charge in [0.15, 0.2) is 0 Å². The van der Waals surface area contributed by atoms with Crippen LogP contribution in [0.1, 0.15) is 32.8 Å². The van der Waals surface area contributed by atoms with Crippen LogP contribution < -0.4 is 10.6 Å². The summed E-state index contributed by atoms with van der Waals surface area (Å²) in [5.41, 5.74) is 1.89. The molecule has 3 N–H and O–H groups in total. The zero-order valence-electron chi connectivity index (χ0n) is 13.8. The number of aliphatic hydroxyl groups is 1. The summed E-state index contributed by atoms with van der Waals surface area (Å²) < 4.78 is 0. The first-order valence-electron chi connectivity index (χ1n) is 7.86. The standard InChI is InChI=1S/C18H28N2O2/c1-5-17(22)16(11-15-9-7-6-8-10-15)20-14(4)18(13(2)3)19-12-21/h6-10,12-13,16-18,20,22H,4-5,11H2,1-3H3,(H,19,21)/t16?,17-,18?/m0/s1. The Morgan fingerprint density at radius 2 is 1.95 bits per heavy atom. The molecule has 0 bridgehead atoms. The number of hydrogen-bond acceptors (Lipinski definition) is 3. The van der Waals surface area contributed by atoms with E-state index in [1.165, 1.54) is 0 Å². The fourth-order valence-electron chi connectivity index (χ4n) is 2.53. The summed E-state index contributed by atoms with van der Waals surface area (Å²) in [4.78, 5) is 10.8. The van der Waals surface area contributed by atoms with E-state index in [9.17, 15) is 9.90 Å². The molecule has 0 saturated heterocycles. The fourth-order valence-corrected chi connectivity index (χ4v) is 2.53. The number of rotatable bonds is 10. The van der Waals surface area contributed by atoms with E-state index in [1.54, 1.807) is 0 Å². The average Bonchev–Trinajstić information content (AvgIpc) is 2.51. The molecule has 122 valence electrons. The Hall–Kier alpha value is -1.81. The molecule has 1 rings (SSSR count). The highest BCUT2D eigenvalue weighted by atomic mass is 16.3. The number of carbonyl (C=O) groups excluding carboxylic acids is 1. The van der Waals surface area contributed by atoms with Gasteiger partial charge in [-0.25, -0.2) is 0 Å². The molecule has 22 heavy (non-hydrogen) atoms. The predicted octanol–water partition coefficient (Wildman–Crippen LogP) is 2.24. The van der Waals surface area contributed by atoms with Crippen molar-refractivity contribution in [3.63, 3.8) is 0 Å². The smallest absolute Gasteiger partial charge is 0.207 e. The summed E-state index contributed by atoms with van der Waals surface area (Å²) in [5.74, 6) is 0.223. The largest absolute Gasteiger partial charge is 0.391 e. The van der Waals surface area contributed by atoms with E-state index >= 15 is 0 Å². The number of amides is 1. The summed E-state index contributed by atoms with van der Waals surface area (Å²) in [7, 11) is 0. The second-order valence-electron chi connectivity index (χ2n) is 5.95. The monoisotopic (exact) mass is 304 g/mol. The number of hydrogen-bond donors (Lipinski definition) is 3. The van der Waals surface area contributed by atoms with Gasteiger partial charge in [0, 0.05) is 5.70 Å². The Balaban J connectivity index is 2.80. The molecule has 0 heterocycles. The first-order valence-corrected chi connectivity index (χ1v) is 7.86. The van der Waals surface area contributed by atoms with Gasteiger partial charge >= 0.3 is 0 Å². The van der Waals surface area contributed by atoms with Crippen LogP contribution in [0.5, 0.6) is 0 Å². The summed E-state index contributed by atoms with van der Waals surface area (Å²) >= 11 is 0. The molecule has 0 aliphatic carbocycles. The van der Waals surface area contributed by atoms with Crippen LogP contribution in [-0.4, -0.2) is 29.7 Å².